The van der Waals surface area contributed by atoms with Gasteiger partial charge in [-0.3, -0.25) is 9.48 Å². The molecule has 0 unspecified atom stereocenters. The summed E-state index contributed by atoms with van der Waals surface area (Å²) in [6.07, 6.45) is 4.99. The van der Waals surface area contributed by atoms with Gasteiger partial charge < -0.3 is 9.47 Å². The van der Waals surface area contributed by atoms with Crippen molar-refractivity contribution in [3.63, 3.8) is 0 Å². The Bertz CT molecular complexity index is 659. The van der Waals surface area contributed by atoms with Crippen molar-refractivity contribution in [2.45, 2.75) is 13.5 Å². The molecule has 0 aliphatic heterocycles. The van der Waals surface area contributed by atoms with Crippen molar-refractivity contribution in [1.82, 2.24) is 9.78 Å². The van der Waals surface area contributed by atoms with Crippen LogP contribution >= 0.6 is 0 Å². The number of rotatable bonds is 6. The van der Waals surface area contributed by atoms with Crippen LogP contribution in [0.3, 0.4) is 0 Å². The van der Waals surface area contributed by atoms with E-state index in [1.165, 1.54) is 6.08 Å². The predicted octanol–water partition coefficient (Wildman–Crippen LogP) is 2.82. The van der Waals surface area contributed by atoms with Gasteiger partial charge in [-0.1, -0.05) is 0 Å². The standard InChI is InChI=1S/C16H18N2O3/c1-4-18-10-9-14(17-18)15(19)8-6-12-5-7-13(20-2)11-16(12)21-3/h5-11H,4H2,1-3H3/b8-6+. The fourth-order valence-corrected chi connectivity index (χ4v) is 1.88. The summed E-state index contributed by atoms with van der Waals surface area (Å²) in [5.41, 5.74) is 1.24. The molecular weight excluding hydrogens is 268 g/mol. The fourth-order valence-electron chi connectivity index (χ4n) is 1.88. The van der Waals surface area contributed by atoms with E-state index in [1.807, 2.05) is 19.1 Å². The lowest BCUT2D eigenvalue weighted by Crippen LogP contribution is -2.00. The van der Waals surface area contributed by atoms with Crippen LogP contribution in [0.1, 0.15) is 23.0 Å². The number of benzene rings is 1. The molecule has 110 valence electrons. The third-order valence-corrected chi connectivity index (χ3v) is 3.07. The third-order valence-electron chi connectivity index (χ3n) is 3.07. The zero-order valence-electron chi connectivity index (χ0n) is 12.4. The minimum atomic E-state index is -0.139. The van der Waals surface area contributed by atoms with E-state index in [0.29, 0.717) is 17.2 Å². The average molecular weight is 286 g/mol. The minimum absolute atomic E-state index is 0.139. The molecule has 0 saturated carbocycles. The second kappa shape index (κ2) is 6.74. The van der Waals surface area contributed by atoms with E-state index in [0.717, 1.165) is 12.1 Å². The molecule has 1 aromatic carbocycles. The van der Waals surface area contributed by atoms with Crippen molar-refractivity contribution in [3.05, 3.63) is 47.8 Å². The zero-order valence-corrected chi connectivity index (χ0v) is 12.4. The summed E-state index contributed by atoms with van der Waals surface area (Å²) in [5.74, 6) is 1.22. The molecule has 0 fully saturated rings. The zero-order chi connectivity index (χ0) is 15.2. The highest BCUT2D eigenvalue weighted by Gasteiger charge is 2.07. The Morgan fingerprint density at radius 2 is 2.10 bits per heavy atom. The molecule has 2 rings (SSSR count). The second-order valence-electron chi connectivity index (χ2n) is 4.36. The van der Waals surface area contributed by atoms with E-state index in [2.05, 4.69) is 5.10 Å². The first-order valence-corrected chi connectivity index (χ1v) is 6.65. The molecule has 1 aromatic heterocycles. The Balaban J connectivity index is 2.18. The van der Waals surface area contributed by atoms with Gasteiger partial charge in [0.25, 0.3) is 0 Å². The van der Waals surface area contributed by atoms with E-state index in [1.54, 1.807) is 43.3 Å². The van der Waals surface area contributed by atoms with Gasteiger partial charge in [-0.25, -0.2) is 0 Å². The molecule has 1 heterocycles. The largest absolute Gasteiger partial charge is 0.497 e. The van der Waals surface area contributed by atoms with Crippen LogP contribution in [0, 0.1) is 0 Å². The summed E-state index contributed by atoms with van der Waals surface area (Å²) in [4.78, 5) is 12.0. The van der Waals surface area contributed by atoms with Gasteiger partial charge in [0.2, 0.25) is 5.78 Å². The monoisotopic (exact) mass is 286 g/mol. The van der Waals surface area contributed by atoms with Crippen molar-refractivity contribution in [3.8, 4) is 11.5 Å². The first-order chi connectivity index (χ1) is 10.2. The molecule has 0 radical (unpaired) electrons. The van der Waals surface area contributed by atoms with Gasteiger partial charge in [-0.05, 0) is 37.3 Å². The average Bonchev–Trinajstić information content (AvgIpc) is 3.01. The van der Waals surface area contributed by atoms with E-state index < -0.39 is 0 Å². The van der Waals surface area contributed by atoms with Crippen LogP contribution in [0.5, 0.6) is 11.5 Å². The van der Waals surface area contributed by atoms with Crippen molar-refractivity contribution >= 4 is 11.9 Å². The number of aryl methyl sites for hydroxylation is 1. The third kappa shape index (κ3) is 3.51. The number of aromatic nitrogens is 2. The summed E-state index contributed by atoms with van der Waals surface area (Å²) in [6.45, 7) is 2.71. The first-order valence-electron chi connectivity index (χ1n) is 6.65. The normalized spacial score (nSPS) is 10.8. The van der Waals surface area contributed by atoms with Gasteiger partial charge >= 0.3 is 0 Å². The Labute approximate surface area is 123 Å². The van der Waals surface area contributed by atoms with E-state index in [9.17, 15) is 4.79 Å². The molecule has 0 amide bonds. The van der Waals surface area contributed by atoms with Crippen molar-refractivity contribution in [1.29, 1.82) is 0 Å². The van der Waals surface area contributed by atoms with Gasteiger partial charge in [-0.15, -0.1) is 0 Å². The van der Waals surface area contributed by atoms with Crippen molar-refractivity contribution in [2.24, 2.45) is 0 Å². The number of ketones is 1. The van der Waals surface area contributed by atoms with Gasteiger partial charge in [0, 0.05) is 24.4 Å². The summed E-state index contributed by atoms with van der Waals surface area (Å²) in [6, 6.07) is 7.14. The van der Waals surface area contributed by atoms with Gasteiger partial charge in [-0.2, -0.15) is 5.10 Å². The SMILES string of the molecule is CCn1ccc(C(=O)/C=C/c2ccc(OC)cc2OC)n1. The Hall–Kier alpha value is -2.56. The first kappa shape index (κ1) is 14.8. The van der Waals surface area contributed by atoms with Crippen LogP contribution in [0.15, 0.2) is 36.5 Å². The van der Waals surface area contributed by atoms with Crippen LogP contribution in [-0.4, -0.2) is 29.8 Å². The highest BCUT2D eigenvalue weighted by molar-refractivity contribution is 6.05. The topological polar surface area (TPSA) is 53.4 Å². The molecule has 0 N–H and O–H groups in total. The number of nitrogens with zero attached hydrogens (tertiary/aromatic N) is 2. The van der Waals surface area contributed by atoms with Crippen LogP contribution in [0.25, 0.3) is 6.08 Å². The maximum Gasteiger partial charge on any atom is 0.206 e. The lowest BCUT2D eigenvalue weighted by Gasteiger charge is -2.06. The molecule has 5 heteroatoms. The van der Waals surface area contributed by atoms with Crippen molar-refractivity contribution in [2.75, 3.05) is 14.2 Å². The smallest absolute Gasteiger partial charge is 0.206 e. The lowest BCUT2D eigenvalue weighted by atomic mass is 10.1. The second-order valence-corrected chi connectivity index (χ2v) is 4.36. The number of carbonyl (C=O) groups is 1. The number of carbonyl (C=O) groups excluding carboxylic acids is 1. The van der Waals surface area contributed by atoms with Crippen LogP contribution < -0.4 is 9.47 Å². The van der Waals surface area contributed by atoms with Crippen molar-refractivity contribution < 1.29 is 14.3 Å². The Morgan fingerprint density at radius 3 is 2.71 bits per heavy atom. The van der Waals surface area contributed by atoms with Gasteiger partial charge in [0.1, 0.15) is 17.2 Å². The molecular formula is C16H18N2O3. The lowest BCUT2D eigenvalue weighted by molar-refractivity contribution is 0.104. The predicted molar refractivity (Wildman–Crippen MR) is 80.8 cm³/mol. The molecule has 21 heavy (non-hydrogen) atoms. The van der Waals surface area contributed by atoms with Gasteiger partial charge in [0.05, 0.1) is 14.2 Å². The van der Waals surface area contributed by atoms with Crippen LogP contribution in [-0.2, 0) is 6.54 Å². The highest BCUT2D eigenvalue weighted by Crippen LogP contribution is 2.25. The summed E-state index contributed by atoms with van der Waals surface area (Å²) in [5, 5.41) is 4.18. The molecule has 0 aliphatic rings. The van der Waals surface area contributed by atoms with E-state index in [-0.39, 0.29) is 5.78 Å². The molecule has 2 aromatic rings. The molecule has 0 aliphatic carbocycles. The quantitative estimate of drug-likeness (QED) is 0.605. The molecule has 0 saturated heterocycles. The molecule has 0 atom stereocenters. The van der Waals surface area contributed by atoms with Crippen LogP contribution in [0.4, 0.5) is 0 Å². The summed E-state index contributed by atoms with van der Waals surface area (Å²) < 4.78 is 12.1. The highest BCUT2D eigenvalue weighted by atomic mass is 16.5. The summed E-state index contributed by atoms with van der Waals surface area (Å²) >= 11 is 0. The molecule has 0 bridgehead atoms. The van der Waals surface area contributed by atoms with E-state index >= 15 is 0 Å². The number of hydrogen-bond donors (Lipinski definition) is 0. The summed E-state index contributed by atoms with van der Waals surface area (Å²) in [7, 11) is 3.18. The minimum Gasteiger partial charge on any atom is -0.497 e. The fraction of sp³-hybridized carbons (Fsp3) is 0.250. The maximum atomic E-state index is 12.0. The van der Waals surface area contributed by atoms with E-state index in [4.69, 9.17) is 9.47 Å². The number of hydrogen-bond acceptors (Lipinski definition) is 4. The van der Waals surface area contributed by atoms with Gasteiger partial charge in [0.15, 0.2) is 0 Å². The maximum absolute atomic E-state index is 12.0. The molecule has 0 spiro atoms. The number of allylic oxidation sites excluding steroid dienone is 1. The number of ether oxygens (including phenoxy) is 2. The Morgan fingerprint density at radius 1 is 1.29 bits per heavy atom. The molecule has 5 nitrogen and oxygen atoms in total. The van der Waals surface area contributed by atoms with Crippen LogP contribution in [0.2, 0.25) is 0 Å². The number of methoxy groups -OCH3 is 2. The Kier molecular flexibility index (Phi) is 4.77.